The maximum Gasteiger partial charge on any atom is 0.573 e. The molecule has 1 aromatic carbocycles. The van der Waals surface area contributed by atoms with Crippen LogP contribution >= 0.6 is 11.6 Å². The summed E-state index contributed by atoms with van der Waals surface area (Å²) in [5.74, 6) is -0.347. The Labute approximate surface area is 83.8 Å². The standard InChI is InChI=1S/C9H6ClF3O/c1-2-6-3-7(10)5-8(4-6)14-9(11,12)13/h2-5H,1H2. The van der Waals surface area contributed by atoms with Gasteiger partial charge in [-0.05, 0) is 23.8 Å². The van der Waals surface area contributed by atoms with Gasteiger partial charge in [0.1, 0.15) is 5.75 Å². The van der Waals surface area contributed by atoms with Gasteiger partial charge in [0.05, 0.1) is 0 Å². The molecule has 5 heteroatoms. The lowest BCUT2D eigenvalue weighted by atomic mass is 10.2. The van der Waals surface area contributed by atoms with Crippen LogP contribution in [0.4, 0.5) is 13.2 Å². The van der Waals surface area contributed by atoms with Gasteiger partial charge in [0.15, 0.2) is 0 Å². The summed E-state index contributed by atoms with van der Waals surface area (Å²) in [5.41, 5.74) is 0.469. The Morgan fingerprint density at radius 1 is 1.29 bits per heavy atom. The third-order valence-electron chi connectivity index (χ3n) is 1.36. The molecule has 76 valence electrons. The van der Waals surface area contributed by atoms with E-state index >= 15 is 0 Å². The smallest absolute Gasteiger partial charge is 0.406 e. The highest BCUT2D eigenvalue weighted by atomic mass is 35.5. The van der Waals surface area contributed by atoms with E-state index in [-0.39, 0.29) is 10.8 Å². The van der Waals surface area contributed by atoms with Crippen molar-refractivity contribution >= 4 is 17.7 Å². The molecule has 1 nitrogen and oxygen atoms in total. The maximum absolute atomic E-state index is 11.8. The van der Waals surface area contributed by atoms with Crippen molar-refractivity contribution in [3.8, 4) is 5.75 Å². The molecule has 1 rings (SSSR count). The normalized spacial score (nSPS) is 11.1. The molecule has 0 aliphatic rings. The molecule has 0 radical (unpaired) electrons. The van der Waals surface area contributed by atoms with Crippen molar-refractivity contribution in [1.82, 2.24) is 0 Å². The van der Waals surface area contributed by atoms with E-state index in [0.717, 1.165) is 6.07 Å². The molecule has 0 N–H and O–H groups in total. The van der Waals surface area contributed by atoms with Crippen LogP contribution in [0, 0.1) is 0 Å². The first-order valence-corrected chi connectivity index (χ1v) is 3.97. The number of benzene rings is 1. The first-order valence-electron chi connectivity index (χ1n) is 3.59. The number of rotatable bonds is 2. The minimum atomic E-state index is -4.71. The zero-order chi connectivity index (χ0) is 10.8. The summed E-state index contributed by atoms with van der Waals surface area (Å²) in [6, 6.07) is 3.77. The summed E-state index contributed by atoms with van der Waals surface area (Å²) < 4.78 is 39.1. The van der Waals surface area contributed by atoms with Crippen LogP contribution in [0.1, 0.15) is 5.56 Å². The Morgan fingerprint density at radius 2 is 1.93 bits per heavy atom. The number of alkyl halides is 3. The molecule has 0 aliphatic carbocycles. The predicted octanol–water partition coefficient (Wildman–Crippen LogP) is 3.88. The van der Waals surface area contributed by atoms with Crippen molar-refractivity contribution in [2.24, 2.45) is 0 Å². The van der Waals surface area contributed by atoms with Gasteiger partial charge in [-0.15, -0.1) is 13.2 Å². The van der Waals surface area contributed by atoms with E-state index in [1.807, 2.05) is 0 Å². The van der Waals surface area contributed by atoms with Gasteiger partial charge in [0, 0.05) is 5.02 Å². The molecular formula is C9H6ClF3O. The van der Waals surface area contributed by atoms with Gasteiger partial charge >= 0.3 is 6.36 Å². The van der Waals surface area contributed by atoms with E-state index in [1.54, 1.807) is 0 Å². The fourth-order valence-corrected chi connectivity index (χ4v) is 1.13. The van der Waals surface area contributed by atoms with Crippen molar-refractivity contribution in [3.05, 3.63) is 35.4 Å². The van der Waals surface area contributed by atoms with Gasteiger partial charge in [-0.3, -0.25) is 0 Å². The summed E-state index contributed by atoms with van der Waals surface area (Å²) in [6.45, 7) is 3.41. The third kappa shape index (κ3) is 3.30. The summed E-state index contributed by atoms with van der Waals surface area (Å²) in [4.78, 5) is 0. The molecule has 0 saturated carbocycles. The molecule has 0 aliphatic heterocycles. The van der Waals surface area contributed by atoms with E-state index in [2.05, 4.69) is 11.3 Å². The van der Waals surface area contributed by atoms with Crippen molar-refractivity contribution in [3.63, 3.8) is 0 Å². The van der Waals surface area contributed by atoms with E-state index in [4.69, 9.17) is 11.6 Å². The van der Waals surface area contributed by atoms with Gasteiger partial charge in [0.25, 0.3) is 0 Å². The molecular weight excluding hydrogens is 217 g/mol. The van der Waals surface area contributed by atoms with Gasteiger partial charge in [-0.2, -0.15) is 0 Å². The zero-order valence-electron chi connectivity index (χ0n) is 6.94. The van der Waals surface area contributed by atoms with Gasteiger partial charge in [-0.1, -0.05) is 24.3 Å². The topological polar surface area (TPSA) is 9.23 Å². The lowest BCUT2D eigenvalue weighted by molar-refractivity contribution is -0.274. The highest BCUT2D eigenvalue weighted by molar-refractivity contribution is 6.30. The molecule has 0 fully saturated rings. The Bertz CT molecular complexity index is 346. The Kier molecular flexibility index (Phi) is 3.06. The van der Waals surface area contributed by atoms with Gasteiger partial charge < -0.3 is 4.74 Å². The second kappa shape index (κ2) is 3.92. The molecule has 14 heavy (non-hydrogen) atoms. The molecule has 0 heterocycles. The molecule has 0 bridgehead atoms. The SMILES string of the molecule is C=Cc1cc(Cl)cc(OC(F)(F)F)c1. The van der Waals surface area contributed by atoms with E-state index in [0.29, 0.717) is 5.56 Å². The van der Waals surface area contributed by atoms with Crippen molar-refractivity contribution in [2.75, 3.05) is 0 Å². The monoisotopic (exact) mass is 222 g/mol. The van der Waals surface area contributed by atoms with Crippen LogP contribution in [0.15, 0.2) is 24.8 Å². The first kappa shape index (κ1) is 10.9. The van der Waals surface area contributed by atoms with Crippen molar-refractivity contribution in [2.45, 2.75) is 6.36 Å². The second-order valence-corrected chi connectivity index (χ2v) is 2.91. The number of ether oxygens (including phenoxy) is 1. The fraction of sp³-hybridized carbons (Fsp3) is 0.111. The minimum absolute atomic E-state index is 0.168. The third-order valence-corrected chi connectivity index (χ3v) is 1.58. The van der Waals surface area contributed by atoms with Crippen LogP contribution in [-0.2, 0) is 0 Å². The van der Waals surface area contributed by atoms with Crippen LogP contribution in [0.3, 0.4) is 0 Å². The van der Waals surface area contributed by atoms with Crippen LogP contribution in [0.25, 0.3) is 6.08 Å². The van der Waals surface area contributed by atoms with Crippen LogP contribution < -0.4 is 4.74 Å². The largest absolute Gasteiger partial charge is 0.573 e. The van der Waals surface area contributed by atoms with Gasteiger partial charge in [-0.25, -0.2) is 0 Å². The zero-order valence-corrected chi connectivity index (χ0v) is 7.69. The Balaban J connectivity index is 2.98. The highest BCUT2D eigenvalue weighted by Crippen LogP contribution is 2.27. The predicted molar refractivity (Wildman–Crippen MR) is 48.2 cm³/mol. The average molecular weight is 223 g/mol. The van der Waals surface area contributed by atoms with Crippen LogP contribution in [-0.4, -0.2) is 6.36 Å². The number of hydrogen-bond donors (Lipinski definition) is 0. The van der Waals surface area contributed by atoms with Gasteiger partial charge in [0.2, 0.25) is 0 Å². The summed E-state index contributed by atoms with van der Waals surface area (Å²) in [7, 11) is 0. The molecule has 0 amide bonds. The summed E-state index contributed by atoms with van der Waals surface area (Å²) in [5, 5.41) is 0.168. The summed E-state index contributed by atoms with van der Waals surface area (Å²) >= 11 is 5.56. The fourth-order valence-electron chi connectivity index (χ4n) is 0.895. The quantitative estimate of drug-likeness (QED) is 0.738. The average Bonchev–Trinajstić information content (AvgIpc) is 1.99. The molecule has 0 unspecified atom stereocenters. The molecule has 1 aromatic rings. The Hall–Kier alpha value is -1.16. The van der Waals surface area contributed by atoms with Crippen molar-refractivity contribution < 1.29 is 17.9 Å². The Morgan fingerprint density at radius 3 is 2.43 bits per heavy atom. The molecule has 0 spiro atoms. The lowest BCUT2D eigenvalue weighted by Crippen LogP contribution is -2.17. The first-order chi connectivity index (χ1) is 6.40. The van der Waals surface area contributed by atoms with E-state index in [9.17, 15) is 13.2 Å². The number of hydrogen-bond acceptors (Lipinski definition) is 1. The van der Waals surface area contributed by atoms with Crippen molar-refractivity contribution in [1.29, 1.82) is 0 Å². The molecule has 0 saturated heterocycles. The summed E-state index contributed by atoms with van der Waals surface area (Å²) in [6.07, 6.45) is -3.32. The molecule has 0 atom stereocenters. The maximum atomic E-state index is 11.8. The van der Waals surface area contributed by atoms with E-state index < -0.39 is 6.36 Å². The highest BCUT2D eigenvalue weighted by Gasteiger charge is 2.31. The second-order valence-electron chi connectivity index (χ2n) is 2.47. The van der Waals surface area contributed by atoms with E-state index in [1.165, 1.54) is 18.2 Å². The number of halogens is 4. The minimum Gasteiger partial charge on any atom is -0.406 e. The lowest BCUT2D eigenvalue weighted by Gasteiger charge is -2.09. The van der Waals surface area contributed by atoms with Crippen LogP contribution in [0.2, 0.25) is 5.02 Å². The van der Waals surface area contributed by atoms with Crippen LogP contribution in [0.5, 0.6) is 5.75 Å². The molecule has 0 aromatic heterocycles.